The molecular formula is C7H11N3. The van der Waals surface area contributed by atoms with Crippen LogP contribution in [0.2, 0.25) is 0 Å². The predicted octanol–water partition coefficient (Wildman–Crippen LogP) is 0.258. The lowest BCUT2D eigenvalue weighted by Gasteiger charge is -2.08. The lowest BCUT2D eigenvalue weighted by atomic mass is 10.2. The maximum atomic E-state index is 5.64. The minimum Gasteiger partial charge on any atom is -0.312 e. The third kappa shape index (κ3) is 1.52. The maximum absolute atomic E-state index is 5.64. The van der Waals surface area contributed by atoms with Gasteiger partial charge in [-0.15, -0.1) is 0 Å². The fourth-order valence-electron chi connectivity index (χ4n) is 0.727. The van der Waals surface area contributed by atoms with Crippen LogP contribution in [0.1, 0.15) is 11.7 Å². The van der Waals surface area contributed by atoms with Gasteiger partial charge < -0.3 is 11.1 Å². The Bertz CT molecular complexity index is 185. The molecule has 0 amide bonds. The molecule has 1 unspecified atom stereocenters. The zero-order chi connectivity index (χ0) is 7.40. The van der Waals surface area contributed by atoms with Gasteiger partial charge in [0.2, 0.25) is 0 Å². The second kappa shape index (κ2) is 3.29. The van der Waals surface area contributed by atoms with E-state index in [1.807, 2.05) is 19.2 Å². The summed E-state index contributed by atoms with van der Waals surface area (Å²) in [6, 6.07) is 3.81. The number of nitrogens with two attached hydrogens (primary N) is 1. The van der Waals surface area contributed by atoms with Gasteiger partial charge in [0.05, 0.1) is 6.17 Å². The van der Waals surface area contributed by atoms with E-state index < -0.39 is 0 Å². The Morgan fingerprint density at radius 1 is 1.70 bits per heavy atom. The molecule has 1 aromatic rings. The average molecular weight is 137 g/mol. The molecule has 0 radical (unpaired) electrons. The summed E-state index contributed by atoms with van der Waals surface area (Å²) in [5, 5.41) is 2.92. The zero-order valence-electron chi connectivity index (χ0n) is 5.91. The van der Waals surface area contributed by atoms with Crippen LogP contribution in [-0.4, -0.2) is 12.0 Å². The molecule has 0 bridgehead atoms. The van der Waals surface area contributed by atoms with Gasteiger partial charge in [-0.05, 0) is 13.1 Å². The van der Waals surface area contributed by atoms with Crippen molar-refractivity contribution in [3.8, 4) is 0 Å². The molecular weight excluding hydrogens is 126 g/mol. The molecule has 0 spiro atoms. The van der Waals surface area contributed by atoms with Crippen molar-refractivity contribution in [3.05, 3.63) is 30.1 Å². The highest BCUT2D eigenvalue weighted by Crippen LogP contribution is 2.02. The predicted molar refractivity (Wildman–Crippen MR) is 40.2 cm³/mol. The lowest BCUT2D eigenvalue weighted by Crippen LogP contribution is -2.24. The third-order valence-electron chi connectivity index (χ3n) is 1.35. The number of hydrogen-bond acceptors (Lipinski definition) is 3. The van der Waals surface area contributed by atoms with E-state index in [2.05, 4.69) is 10.3 Å². The van der Waals surface area contributed by atoms with E-state index in [-0.39, 0.29) is 6.17 Å². The van der Waals surface area contributed by atoms with Crippen LogP contribution < -0.4 is 11.1 Å². The largest absolute Gasteiger partial charge is 0.312 e. The zero-order valence-corrected chi connectivity index (χ0v) is 5.91. The number of nitrogens with zero attached hydrogens (tertiary/aromatic N) is 1. The van der Waals surface area contributed by atoms with Gasteiger partial charge in [-0.3, -0.25) is 4.98 Å². The topological polar surface area (TPSA) is 50.9 Å². The second-order valence-corrected chi connectivity index (χ2v) is 2.05. The average Bonchev–Trinajstić information content (AvgIpc) is 2.05. The third-order valence-corrected chi connectivity index (χ3v) is 1.35. The number of nitrogens with one attached hydrogen (secondary N) is 1. The molecule has 1 atom stereocenters. The Balaban J connectivity index is 2.75. The summed E-state index contributed by atoms with van der Waals surface area (Å²) in [7, 11) is 1.82. The van der Waals surface area contributed by atoms with Crippen molar-refractivity contribution in [2.75, 3.05) is 7.05 Å². The highest BCUT2D eigenvalue weighted by molar-refractivity contribution is 5.11. The van der Waals surface area contributed by atoms with Crippen molar-refractivity contribution in [3.63, 3.8) is 0 Å². The van der Waals surface area contributed by atoms with E-state index in [1.165, 1.54) is 0 Å². The Labute approximate surface area is 60.3 Å². The van der Waals surface area contributed by atoms with Crippen molar-refractivity contribution in [2.24, 2.45) is 5.73 Å². The first-order valence-electron chi connectivity index (χ1n) is 3.17. The highest BCUT2D eigenvalue weighted by atomic mass is 15.0. The summed E-state index contributed by atoms with van der Waals surface area (Å²) in [4.78, 5) is 3.93. The number of rotatable bonds is 2. The Morgan fingerprint density at radius 3 is 3.00 bits per heavy atom. The number of aromatic nitrogens is 1. The van der Waals surface area contributed by atoms with Crippen LogP contribution in [0.5, 0.6) is 0 Å². The SMILES string of the molecule is CNC(N)c1cccnc1. The van der Waals surface area contributed by atoms with E-state index in [0.717, 1.165) is 5.56 Å². The molecule has 3 nitrogen and oxygen atoms in total. The lowest BCUT2D eigenvalue weighted by molar-refractivity contribution is 0.620. The van der Waals surface area contributed by atoms with Crippen LogP contribution in [0.3, 0.4) is 0 Å². The quantitative estimate of drug-likeness (QED) is 0.575. The van der Waals surface area contributed by atoms with Gasteiger partial charge in [0.1, 0.15) is 0 Å². The molecule has 0 saturated heterocycles. The molecule has 3 heteroatoms. The van der Waals surface area contributed by atoms with Gasteiger partial charge >= 0.3 is 0 Å². The van der Waals surface area contributed by atoms with Gasteiger partial charge in [-0.1, -0.05) is 6.07 Å². The standard InChI is InChI=1S/C7H11N3/c1-9-7(8)6-3-2-4-10-5-6/h2-5,7,9H,8H2,1H3. The summed E-state index contributed by atoms with van der Waals surface area (Å²) in [5.41, 5.74) is 6.65. The number of pyridine rings is 1. The molecule has 1 heterocycles. The number of hydrogen-bond donors (Lipinski definition) is 2. The van der Waals surface area contributed by atoms with Crippen LogP contribution >= 0.6 is 0 Å². The van der Waals surface area contributed by atoms with Gasteiger partial charge in [0.15, 0.2) is 0 Å². The van der Waals surface area contributed by atoms with Crippen molar-refractivity contribution >= 4 is 0 Å². The van der Waals surface area contributed by atoms with Gasteiger partial charge in [0.25, 0.3) is 0 Å². The van der Waals surface area contributed by atoms with E-state index in [4.69, 9.17) is 5.73 Å². The minimum absolute atomic E-state index is 0.103. The summed E-state index contributed by atoms with van der Waals surface area (Å²) in [6.45, 7) is 0. The van der Waals surface area contributed by atoms with E-state index in [0.29, 0.717) is 0 Å². The van der Waals surface area contributed by atoms with E-state index in [9.17, 15) is 0 Å². The van der Waals surface area contributed by atoms with Gasteiger partial charge in [0, 0.05) is 18.0 Å². The van der Waals surface area contributed by atoms with Crippen LogP contribution in [0, 0.1) is 0 Å². The summed E-state index contributed by atoms with van der Waals surface area (Å²) in [6.07, 6.45) is 3.38. The smallest absolute Gasteiger partial charge is 0.0822 e. The second-order valence-electron chi connectivity index (χ2n) is 2.05. The van der Waals surface area contributed by atoms with Crippen LogP contribution in [0.25, 0.3) is 0 Å². The van der Waals surface area contributed by atoms with Crippen LogP contribution in [0.4, 0.5) is 0 Å². The van der Waals surface area contributed by atoms with Gasteiger partial charge in [-0.25, -0.2) is 0 Å². The molecule has 54 valence electrons. The summed E-state index contributed by atoms with van der Waals surface area (Å²) in [5.74, 6) is 0. The summed E-state index contributed by atoms with van der Waals surface area (Å²) < 4.78 is 0. The molecule has 3 N–H and O–H groups in total. The van der Waals surface area contributed by atoms with E-state index in [1.54, 1.807) is 12.4 Å². The first-order chi connectivity index (χ1) is 4.84. The fourth-order valence-corrected chi connectivity index (χ4v) is 0.727. The minimum atomic E-state index is -0.103. The van der Waals surface area contributed by atoms with Crippen LogP contribution in [0.15, 0.2) is 24.5 Å². The molecule has 1 aromatic heterocycles. The molecule has 0 saturated carbocycles. The van der Waals surface area contributed by atoms with Crippen molar-refractivity contribution < 1.29 is 0 Å². The first-order valence-corrected chi connectivity index (χ1v) is 3.17. The molecule has 0 aliphatic rings. The molecule has 0 aliphatic carbocycles. The van der Waals surface area contributed by atoms with E-state index >= 15 is 0 Å². The van der Waals surface area contributed by atoms with Gasteiger partial charge in [-0.2, -0.15) is 0 Å². The Hall–Kier alpha value is -0.930. The van der Waals surface area contributed by atoms with Crippen molar-refractivity contribution in [1.82, 2.24) is 10.3 Å². The monoisotopic (exact) mass is 137 g/mol. The molecule has 0 fully saturated rings. The molecule has 0 aromatic carbocycles. The normalized spacial score (nSPS) is 13.0. The van der Waals surface area contributed by atoms with Crippen molar-refractivity contribution in [1.29, 1.82) is 0 Å². The Kier molecular flexibility index (Phi) is 2.36. The van der Waals surface area contributed by atoms with Crippen molar-refractivity contribution in [2.45, 2.75) is 6.17 Å². The Morgan fingerprint density at radius 2 is 2.50 bits per heavy atom. The molecule has 0 aliphatic heterocycles. The highest BCUT2D eigenvalue weighted by Gasteiger charge is 1.99. The molecule has 10 heavy (non-hydrogen) atoms. The van der Waals surface area contributed by atoms with Crippen LogP contribution in [-0.2, 0) is 0 Å². The summed E-state index contributed by atoms with van der Waals surface area (Å²) >= 11 is 0. The maximum Gasteiger partial charge on any atom is 0.0822 e. The fraction of sp³-hybridized carbons (Fsp3) is 0.286. The first kappa shape index (κ1) is 7.18. The molecule has 1 rings (SSSR count).